The molecule has 1 aromatic carbocycles. The predicted molar refractivity (Wildman–Crippen MR) is 85.4 cm³/mol. The van der Waals surface area contributed by atoms with E-state index in [1.54, 1.807) is 6.07 Å². The molecule has 0 radical (unpaired) electrons. The molecule has 1 atom stereocenters. The summed E-state index contributed by atoms with van der Waals surface area (Å²) < 4.78 is 13.2. The third kappa shape index (κ3) is 7.04. The standard InChI is InChI=1S/C18H30FN/c1-3-4-5-6-7-8-9-10-18(20)14-16-13-17(19)12-11-15(16)2/h11-13,18H,3-10,14,20H2,1-2H3. The summed E-state index contributed by atoms with van der Waals surface area (Å²) >= 11 is 0. The van der Waals surface area contributed by atoms with Crippen LogP contribution >= 0.6 is 0 Å². The van der Waals surface area contributed by atoms with Gasteiger partial charge in [-0.15, -0.1) is 0 Å². The number of nitrogens with two attached hydrogens (primary N) is 1. The van der Waals surface area contributed by atoms with Gasteiger partial charge in [0.1, 0.15) is 5.82 Å². The summed E-state index contributed by atoms with van der Waals surface area (Å²) in [7, 11) is 0. The van der Waals surface area contributed by atoms with Gasteiger partial charge in [0.25, 0.3) is 0 Å². The molecule has 2 heteroatoms. The van der Waals surface area contributed by atoms with Gasteiger partial charge < -0.3 is 5.73 Å². The normalized spacial score (nSPS) is 12.6. The molecule has 0 aliphatic heterocycles. The van der Waals surface area contributed by atoms with Crippen LogP contribution in [0, 0.1) is 12.7 Å². The number of benzene rings is 1. The summed E-state index contributed by atoms with van der Waals surface area (Å²) in [5.41, 5.74) is 8.36. The van der Waals surface area contributed by atoms with Crippen LogP contribution in [0.15, 0.2) is 18.2 Å². The van der Waals surface area contributed by atoms with Gasteiger partial charge in [-0.3, -0.25) is 0 Å². The summed E-state index contributed by atoms with van der Waals surface area (Å²) in [5, 5.41) is 0. The molecule has 0 aliphatic rings. The fourth-order valence-corrected chi connectivity index (χ4v) is 2.61. The second-order valence-electron chi connectivity index (χ2n) is 5.95. The monoisotopic (exact) mass is 279 g/mol. The molecule has 0 fully saturated rings. The van der Waals surface area contributed by atoms with Crippen molar-refractivity contribution >= 4 is 0 Å². The first-order valence-electron chi connectivity index (χ1n) is 8.14. The van der Waals surface area contributed by atoms with Gasteiger partial charge in [-0.05, 0) is 43.0 Å². The lowest BCUT2D eigenvalue weighted by Crippen LogP contribution is -2.23. The van der Waals surface area contributed by atoms with Crippen LogP contribution in [0.1, 0.15) is 69.4 Å². The zero-order valence-corrected chi connectivity index (χ0v) is 13.1. The van der Waals surface area contributed by atoms with Crippen LogP contribution in [-0.2, 0) is 6.42 Å². The first-order valence-corrected chi connectivity index (χ1v) is 8.14. The highest BCUT2D eigenvalue weighted by Gasteiger charge is 2.07. The molecule has 2 N–H and O–H groups in total. The van der Waals surface area contributed by atoms with Crippen LogP contribution in [0.25, 0.3) is 0 Å². The molecule has 0 bridgehead atoms. The first kappa shape index (κ1) is 17.2. The molecule has 0 saturated heterocycles. The van der Waals surface area contributed by atoms with Gasteiger partial charge in [-0.1, -0.05) is 57.9 Å². The highest BCUT2D eigenvalue weighted by molar-refractivity contribution is 5.27. The minimum absolute atomic E-state index is 0.158. The smallest absolute Gasteiger partial charge is 0.123 e. The van der Waals surface area contributed by atoms with E-state index in [0.717, 1.165) is 24.0 Å². The average molecular weight is 279 g/mol. The molecule has 1 nitrogen and oxygen atoms in total. The first-order chi connectivity index (χ1) is 9.63. The average Bonchev–Trinajstić information content (AvgIpc) is 2.42. The van der Waals surface area contributed by atoms with E-state index in [9.17, 15) is 4.39 Å². The number of hydrogen-bond donors (Lipinski definition) is 1. The number of hydrogen-bond acceptors (Lipinski definition) is 1. The number of rotatable bonds is 10. The number of aryl methyl sites for hydroxylation is 1. The Labute approximate surface area is 123 Å². The van der Waals surface area contributed by atoms with Crippen LogP contribution < -0.4 is 5.73 Å². The zero-order chi connectivity index (χ0) is 14.8. The summed E-state index contributed by atoms with van der Waals surface area (Å²) in [4.78, 5) is 0. The maximum absolute atomic E-state index is 13.2. The van der Waals surface area contributed by atoms with E-state index in [1.807, 2.05) is 13.0 Å². The van der Waals surface area contributed by atoms with Crippen molar-refractivity contribution in [1.82, 2.24) is 0 Å². The lowest BCUT2D eigenvalue weighted by Gasteiger charge is -2.13. The lowest BCUT2D eigenvalue weighted by atomic mass is 9.97. The van der Waals surface area contributed by atoms with Crippen molar-refractivity contribution in [2.24, 2.45) is 5.73 Å². The van der Waals surface area contributed by atoms with Crippen molar-refractivity contribution in [3.05, 3.63) is 35.1 Å². The Bertz CT molecular complexity index is 376. The summed E-state index contributed by atoms with van der Waals surface area (Å²) in [5.74, 6) is -0.159. The largest absolute Gasteiger partial charge is 0.327 e. The summed E-state index contributed by atoms with van der Waals surface area (Å²) in [6.45, 7) is 4.27. The Balaban J connectivity index is 2.17. The lowest BCUT2D eigenvalue weighted by molar-refractivity contribution is 0.526. The predicted octanol–water partition coefficient (Wildman–Crippen LogP) is 5.14. The molecule has 0 spiro atoms. The zero-order valence-electron chi connectivity index (χ0n) is 13.1. The van der Waals surface area contributed by atoms with Gasteiger partial charge in [0.15, 0.2) is 0 Å². The van der Waals surface area contributed by atoms with Gasteiger partial charge in [-0.25, -0.2) is 4.39 Å². The third-order valence-corrected chi connectivity index (χ3v) is 3.97. The maximum Gasteiger partial charge on any atom is 0.123 e. The van der Waals surface area contributed by atoms with E-state index in [-0.39, 0.29) is 11.9 Å². The van der Waals surface area contributed by atoms with Crippen LogP contribution in [-0.4, -0.2) is 6.04 Å². The molecular formula is C18H30FN. The van der Waals surface area contributed by atoms with Gasteiger partial charge in [0.05, 0.1) is 0 Å². The number of halogens is 1. The van der Waals surface area contributed by atoms with Crippen molar-refractivity contribution < 1.29 is 4.39 Å². The van der Waals surface area contributed by atoms with Crippen molar-refractivity contribution in [1.29, 1.82) is 0 Å². The molecule has 114 valence electrons. The van der Waals surface area contributed by atoms with Crippen molar-refractivity contribution in [3.63, 3.8) is 0 Å². The third-order valence-electron chi connectivity index (χ3n) is 3.97. The molecule has 20 heavy (non-hydrogen) atoms. The highest BCUT2D eigenvalue weighted by atomic mass is 19.1. The highest BCUT2D eigenvalue weighted by Crippen LogP contribution is 2.15. The second-order valence-corrected chi connectivity index (χ2v) is 5.95. The molecule has 1 aromatic rings. The van der Waals surface area contributed by atoms with Gasteiger partial charge in [0, 0.05) is 6.04 Å². The molecule has 1 unspecified atom stereocenters. The minimum Gasteiger partial charge on any atom is -0.327 e. The fraction of sp³-hybridized carbons (Fsp3) is 0.667. The van der Waals surface area contributed by atoms with Gasteiger partial charge in [0.2, 0.25) is 0 Å². The summed E-state index contributed by atoms with van der Waals surface area (Å²) in [6, 6.07) is 5.14. The fourth-order valence-electron chi connectivity index (χ4n) is 2.61. The Morgan fingerprint density at radius 1 is 1.05 bits per heavy atom. The molecule has 0 heterocycles. The Kier molecular flexibility index (Phi) is 8.52. The maximum atomic E-state index is 13.2. The molecule has 1 rings (SSSR count). The quantitative estimate of drug-likeness (QED) is 0.589. The van der Waals surface area contributed by atoms with Crippen LogP contribution in [0.2, 0.25) is 0 Å². The van der Waals surface area contributed by atoms with Gasteiger partial charge >= 0.3 is 0 Å². The van der Waals surface area contributed by atoms with E-state index in [2.05, 4.69) is 6.92 Å². The van der Waals surface area contributed by atoms with E-state index in [0.29, 0.717) is 0 Å². The van der Waals surface area contributed by atoms with E-state index < -0.39 is 0 Å². The Morgan fingerprint density at radius 2 is 1.70 bits per heavy atom. The number of unbranched alkanes of at least 4 members (excludes halogenated alkanes) is 6. The van der Waals surface area contributed by atoms with Gasteiger partial charge in [-0.2, -0.15) is 0 Å². The van der Waals surface area contributed by atoms with Crippen molar-refractivity contribution in [2.45, 2.75) is 77.7 Å². The van der Waals surface area contributed by atoms with Crippen molar-refractivity contribution in [3.8, 4) is 0 Å². The minimum atomic E-state index is -0.159. The van der Waals surface area contributed by atoms with Crippen LogP contribution in [0.5, 0.6) is 0 Å². The van der Waals surface area contributed by atoms with E-state index >= 15 is 0 Å². The van der Waals surface area contributed by atoms with Crippen molar-refractivity contribution in [2.75, 3.05) is 0 Å². The van der Waals surface area contributed by atoms with Crippen LogP contribution in [0.3, 0.4) is 0 Å². The molecule has 0 aromatic heterocycles. The SMILES string of the molecule is CCCCCCCCCC(N)Cc1cc(F)ccc1C. The second kappa shape index (κ2) is 9.93. The molecule has 0 amide bonds. The topological polar surface area (TPSA) is 26.0 Å². The molecule has 0 saturated carbocycles. The molecular weight excluding hydrogens is 249 g/mol. The van der Waals surface area contributed by atoms with E-state index in [4.69, 9.17) is 5.73 Å². The Hall–Kier alpha value is -0.890. The van der Waals surface area contributed by atoms with E-state index in [1.165, 1.54) is 51.0 Å². The van der Waals surface area contributed by atoms with Crippen LogP contribution in [0.4, 0.5) is 4.39 Å². The molecule has 0 aliphatic carbocycles. The summed E-state index contributed by atoms with van der Waals surface area (Å²) in [6.07, 6.45) is 11.0. The Morgan fingerprint density at radius 3 is 2.40 bits per heavy atom.